The maximum Gasteiger partial charge on any atom is 0.326 e. The third kappa shape index (κ3) is 4.38. The van der Waals surface area contributed by atoms with Crippen molar-refractivity contribution in [3.63, 3.8) is 0 Å². The summed E-state index contributed by atoms with van der Waals surface area (Å²) in [4.78, 5) is 32.5. The Hall–Kier alpha value is -2.30. The lowest BCUT2D eigenvalue weighted by Gasteiger charge is -2.12. The number of urea groups is 1. The zero-order valence-electron chi connectivity index (χ0n) is 8.28. The Morgan fingerprint density at radius 2 is 2.18 bits per heavy atom. The first-order valence-corrected chi connectivity index (χ1v) is 5.00. The molecule has 0 aromatic carbocycles. The number of nitrogens with two attached hydrogens (primary N) is 1. The molecular formula is C6H8N6O4S. The molecule has 11 heteroatoms. The molecule has 0 fully saturated rings. The SMILES string of the molecule is NC(=O)CC(NC(=O)Nc1nnns1)C(=O)O. The average molecular weight is 260 g/mol. The third-order valence-electron chi connectivity index (χ3n) is 1.53. The van der Waals surface area contributed by atoms with Gasteiger partial charge in [-0.05, 0) is 5.21 Å². The summed E-state index contributed by atoms with van der Waals surface area (Å²) < 4.78 is 3.39. The number of nitrogens with one attached hydrogen (secondary N) is 2. The predicted molar refractivity (Wildman–Crippen MR) is 55.1 cm³/mol. The largest absolute Gasteiger partial charge is 0.480 e. The number of anilines is 1. The van der Waals surface area contributed by atoms with Gasteiger partial charge in [0.2, 0.25) is 11.0 Å². The van der Waals surface area contributed by atoms with Crippen molar-refractivity contribution in [3.05, 3.63) is 0 Å². The minimum Gasteiger partial charge on any atom is -0.480 e. The Balaban J connectivity index is 2.52. The van der Waals surface area contributed by atoms with Crippen molar-refractivity contribution in [2.45, 2.75) is 12.5 Å². The molecule has 1 rings (SSSR count). The van der Waals surface area contributed by atoms with Crippen LogP contribution in [-0.2, 0) is 9.59 Å². The number of carbonyl (C=O) groups excluding carboxylic acids is 2. The summed E-state index contributed by atoms with van der Waals surface area (Å²) in [6.45, 7) is 0. The monoisotopic (exact) mass is 260 g/mol. The quantitative estimate of drug-likeness (QED) is 0.494. The first kappa shape index (κ1) is 12.8. The fourth-order valence-electron chi connectivity index (χ4n) is 0.875. The zero-order valence-corrected chi connectivity index (χ0v) is 9.10. The van der Waals surface area contributed by atoms with Crippen molar-refractivity contribution in [2.24, 2.45) is 5.73 Å². The molecule has 3 amide bonds. The zero-order chi connectivity index (χ0) is 12.8. The van der Waals surface area contributed by atoms with Gasteiger partial charge in [-0.25, -0.2) is 9.59 Å². The van der Waals surface area contributed by atoms with Crippen LogP contribution in [0.2, 0.25) is 0 Å². The highest BCUT2D eigenvalue weighted by molar-refractivity contribution is 7.09. The Morgan fingerprint density at radius 1 is 1.47 bits per heavy atom. The first-order valence-electron chi connectivity index (χ1n) is 4.22. The average Bonchev–Trinajstić information content (AvgIpc) is 2.68. The molecule has 1 heterocycles. The van der Waals surface area contributed by atoms with Gasteiger partial charge in [0.15, 0.2) is 0 Å². The van der Waals surface area contributed by atoms with Crippen molar-refractivity contribution in [1.29, 1.82) is 0 Å². The van der Waals surface area contributed by atoms with Crippen LogP contribution in [0.3, 0.4) is 0 Å². The lowest BCUT2D eigenvalue weighted by Crippen LogP contribution is -2.45. The molecule has 10 nitrogen and oxygen atoms in total. The second-order valence-electron chi connectivity index (χ2n) is 2.83. The molecule has 0 saturated heterocycles. The van der Waals surface area contributed by atoms with Gasteiger partial charge in [-0.15, -0.1) is 0 Å². The maximum absolute atomic E-state index is 11.3. The van der Waals surface area contributed by atoms with Crippen molar-refractivity contribution < 1.29 is 19.5 Å². The number of amides is 3. The van der Waals surface area contributed by atoms with Crippen molar-refractivity contribution in [3.8, 4) is 0 Å². The maximum atomic E-state index is 11.3. The fourth-order valence-corrected chi connectivity index (χ4v) is 1.24. The molecule has 0 spiro atoms. The molecule has 0 bridgehead atoms. The summed E-state index contributed by atoms with van der Waals surface area (Å²) in [5, 5.41) is 19.7. The molecule has 17 heavy (non-hydrogen) atoms. The summed E-state index contributed by atoms with van der Waals surface area (Å²) >= 11 is 0.817. The molecule has 1 atom stereocenters. The van der Waals surface area contributed by atoms with Gasteiger partial charge in [0.05, 0.1) is 6.42 Å². The molecule has 0 aliphatic rings. The van der Waals surface area contributed by atoms with Gasteiger partial charge < -0.3 is 16.2 Å². The topological polar surface area (TPSA) is 160 Å². The normalized spacial score (nSPS) is 11.5. The van der Waals surface area contributed by atoms with Crippen molar-refractivity contribution in [2.75, 3.05) is 5.32 Å². The van der Waals surface area contributed by atoms with E-state index in [-0.39, 0.29) is 5.13 Å². The van der Waals surface area contributed by atoms with Gasteiger partial charge in [-0.1, -0.05) is 9.59 Å². The standard InChI is InChI=1S/C6H8N6O4S/c7-3(13)1-2(4(14)15)8-5(16)9-6-10-11-12-17-6/h2H,1H2,(H2,7,13)(H,14,15)(H2,8,9,10,12,16). The summed E-state index contributed by atoms with van der Waals surface area (Å²) in [5.41, 5.74) is 4.84. The number of hydrogen-bond acceptors (Lipinski definition) is 7. The van der Waals surface area contributed by atoms with Gasteiger partial charge in [0, 0.05) is 11.5 Å². The fraction of sp³-hybridized carbons (Fsp3) is 0.333. The number of hydrogen-bond donors (Lipinski definition) is 4. The van der Waals surface area contributed by atoms with E-state index in [1.807, 2.05) is 5.32 Å². The number of nitrogens with zero attached hydrogens (tertiary/aromatic N) is 3. The number of aromatic nitrogens is 3. The molecule has 0 aliphatic carbocycles. The second kappa shape index (κ2) is 5.69. The molecule has 0 saturated carbocycles. The Kier molecular flexibility index (Phi) is 4.28. The molecule has 5 N–H and O–H groups in total. The van der Waals surface area contributed by atoms with Crippen LogP contribution in [-0.4, -0.2) is 43.9 Å². The highest BCUT2D eigenvalue weighted by Gasteiger charge is 2.22. The van der Waals surface area contributed by atoms with Gasteiger partial charge in [0.25, 0.3) is 0 Å². The van der Waals surface area contributed by atoms with Crippen LogP contribution < -0.4 is 16.4 Å². The van der Waals surface area contributed by atoms with Crippen molar-refractivity contribution in [1.82, 2.24) is 20.1 Å². The number of primary amides is 1. The number of rotatable bonds is 5. The summed E-state index contributed by atoms with van der Waals surface area (Å²) in [6, 6.07) is -2.23. The Bertz CT molecular complexity index is 420. The highest BCUT2D eigenvalue weighted by Crippen LogP contribution is 2.04. The van der Waals surface area contributed by atoms with Crippen LogP contribution in [0.25, 0.3) is 0 Å². The lowest BCUT2D eigenvalue weighted by molar-refractivity contribution is -0.140. The van der Waals surface area contributed by atoms with E-state index in [0.29, 0.717) is 0 Å². The minimum absolute atomic E-state index is 0.103. The van der Waals surface area contributed by atoms with E-state index in [1.54, 1.807) is 0 Å². The molecule has 0 radical (unpaired) electrons. The summed E-state index contributed by atoms with van der Waals surface area (Å²) in [6.07, 6.45) is -0.503. The molecule has 1 aromatic rings. The number of carbonyl (C=O) groups is 3. The first-order chi connectivity index (χ1) is 7.99. The van der Waals surface area contributed by atoms with Gasteiger partial charge in [-0.3, -0.25) is 10.1 Å². The predicted octanol–water partition coefficient (Wildman–Crippen LogP) is -1.62. The van der Waals surface area contributed by atoms with E-state index < -0.39 is 30.4 Å². The van der Waals surface area contributed by atoms with E-state index in [2.05, 4.69) is 20.1 Å². The Labute approximate surface area is 98.4 Å². The molecule has 1 unspecified atom stereocenters. The van der Waals surface area contributed by atoms with Crippen LogP contribution in [0, 0.1) is 0 Å². The van der Waals surface area contributed by atoms with E-state index >= 15 is 0 Å². The summed E-state index contributed by atoms with van der Waals surface area (Å²) in [7, 11) is 0. The van der Waals surface area contributed by atoms with Crippen LogP contribution in [0.5, 0.6) is 0 Å². The molecular weight excluding hydrogens is 252 g/mol. The van der Waals surface area contributed by atoms with E-state index in [0.717, 1.165) is 11.5 Å². The van der Waals surface area contributed by atoms with E-state index in [9.17, 15) is 14.4 Å². The lowest BCUT2D eigenvalue weighted by atomic mass is 10.2. The van der Waals surface area contributed by atoms with E-state index in [4.69, 9.17) is 10.8 Å². The van der Waals surface area contributed by atoms with Crippen LogP contribution in [0.1, 0.15) is 6.42 Å². The Morgan fingerprint density at radius 3 is 2.65 bits per heavy atom. The molecule has 1 aromatic heterocycles. The number of aliphatic carboxylic acids is 1. The van der Waals surface area contributed by atoms with Crippen LogP contribution in [0.4, 0.5) is 9.93 Å². The van der Waals surface area contributed by atoms with E-state index in [1.165, 1.54) is 0 Å². The highest BCUT2D eigenvalue weighted by atomic mass is 32.1. The minimum atomic E-state index is -1.40. The molecule has 92 valence electrons. The van der Waals surface area contributed by atoms with Crippen LogP contribution in [0.15, 0.2) is 0 Å². The second-order valence-corrected chi connectivity index (χ2v) is 3.56. The smallest absolute Gasteiger partial charge is 0.326 e. The third-order valence-corrected chi connectivity index (χ3v) is 2.04. The molecule has 0 aliphatic heterocycles. The summed E-state index contributed by atoms with van der Waals surface area (Å²) in [5.74, 6) is -2.20. The van der Waals surface area contributed by atoms with Gasteiger partial charge >= 0.3 is 12.0 Å². The van der Waals surface area contributed by atoms with Gasteiger partial charge in [0.1, 0.15) is 6.04 Å². The van der Waals surface area contributed by atoms with Gasteiger partial charge in [-0.2, -0.15) is 0 Å². The van der Waals surface area contributed by atoms with Crippen molar-refractivity contribution >= 4 is 34.6 Å². The number of carboxylic acid groups (broad SMARTS) is 1. The van der Waals surface area contributed by atoms with Crippen LogP contribution >= 0.6 is 11.5 Å². The number of carboxylic acids is 1.